The van der Waals surface area contributed by atoms with Crippen molar-refractivity contribution in [3.8, 4) is 0 Å². The predicted octanol–water partition coefficient (Wildman–Crippen LogP) is 1.43. The van der Waals surface area contributed by atoms with E-state index in [4.69, 9.17) is 4.74 Å². The maximum atomic E-state index is 12.5. The van der Waals surface area contributed by atoms with Crippen LogP contribution in [0.25, 0.3) is 0 Å². The van der Waals surface area contributed by atoms with E-state index in [0.29, 0.717) is 25.6 Å². The van der Waals surface area contributed by atoms with Crippen molar-refractivity contribution in [2.75, 3.05) is 45.9 Å². The van der Waals surface area contributed by atoms with E-state index in [1.807, 2.05) is 6.92 Å². The predicted molar refractivity (Wildman–Crippen MR) is 87.7 cm³/mol. The smallest absolute Gasteiger partial charge is 0.261 e. The minimum Gasteiger partial charge on any atom is -0.380 e. The number of hydrogen-bond donors (Lipinski definition) is 0. The molecular formula is C14H25N3O3S2. The van der Waals surface area contributed by atoms with Crippen LogP contribution < -0.4 is 0 Å². The Morgan fingerprint density at radius 2 is 2.00 bits per heavy atom. The second kappa shape index (κ2) is 7.83. The zero-order valence-electron chi connectivity index (χ0n) is 13.5. The number of hydrogen-bond acceptors (Lipinski definition) is 6. The van der Waals surface area contributed by atoms with Crippen molar-refractivity contribution in [3.05, 3.63) is 10.4 Å². The van der Waals surface area contributed by atoms with Gasteiger partial charge < -0.3 is 4.74 Å². The van der Waals surface area contributed by atoms with Gasteiger partial charge in [0.1, 0.15) is 0 Å². The normalized spacial score (nSPS) is 18.2. The van der Waals surface area contributed by atoms with Gasteiger partial charge in [-0.1, -0.05) is 13.8 Å². The largest absolute Gasteiger partial charge is 0.380 e. The van der Waals surface area contributed by atoms with Gasteiger partial charge in [0.15, 0.2) is 5.03 Å². The third kappa shape index (κ3) is 4.73. The maximum Gasteiger partial charge on any atom is 0.261 e. The van der Waals surface area contributed by atoms with Gasteiger partial charge in [0.25, 0.3) is 10.0 Å². The molecule has 126 valence electrons. The molecule has 0 aromatic carbocycles. The first-order valence-corrected chi connectivity index (χ1v) is 9.94. The summed E-state index contributed by atoms with van der Waals surface area (Å²) in [5.74, 6) is 0.545. The van der Waals surface area contributed by atoms with Crippen LogP contribution in [0, 0.1) is 12.8 Å². The highest BCUT2D eigenvalue weighted by atomic mass is 32.2. The van der Waals surface area contributed by atoms with Gasteiger partial charge in [0.2, 0.25) is 0 Å². The van der Waals surface area contributed by atoms with Crippen molar-refractivity contribution in [1.29, 1.82) is 0 Å². The molecule has 0 unspecified atom stereocenters. The average molecular weight is 348 g/mol. The monoisotopic (exact) mass is 347 g/mol. The fourth-order valence-electron chi connectivity index (χ4n) is 2.30. The number of nitrogens with zero attached hydrogens (tertiary/aromatic N) is 3. The number of sulfonamides is 1. The van der Waals surface area contributed by atoms with Crippen LogP contribution in [0.5, 0.6) is 0 Å². The summed E-state index contributed by atoms with van der Waals surface area (Å²) in [7, 11) is -3.43. The lowest BCUT2D eigenvalue weighted by Gasteiger charge is -2.33. The van der Waals surface area contributed by atoms with Crippen molar-refractivity contribution in [1.82, 2.24) is 14.2 Å². The van der Waals surface area contributed by atoms with Crippen molar-refractivity contribution < 1.29 is 13.2 Å². The minimum atomic E-state index is -3.43. The minimum absolute atomic E-state index is 0.184. The molecule has 0 N–H and O–H groups in total. The number of aryl methyl sites for hydroxylation is 1. The molecule has 0 radical (unpaired) electrons. The molecule has 22 heavy (non-hydrogen) atoms. The Morgan fingerprint density at radius 1 is 1.32 bits per heavy atom. The van der Waals surface area contributed by atoms with E-state index in [1.54, 1.807) is 5.38 Å². The summed E-state index contributed by atoms with van der Waals surface area (Å²) in [6, 6.07) is 0. The lowest BCUT2D eigenvalue weighted by molar-refractivity contribution is 0.0755. The summed E-state index contributed by atoms with van der Waals surface area (Å²) < 4.78 is 32.1. The highest BCUT2D eigenvalue weighted by Gasteiger charge is 2.29. The number of ether oxygens (including phenoxy) is 1. The van der Waals surface area contributed by atoms with E-state index in [-0.39, 0.29) is 5.03 Å². The third-order valence-electron chi connectivity index (χ3n) is 3.54. The molecule has 1 aromatic heterocycles. The summed E-state index contributed by atoms with van der Waals surface area (Å²) in [5, 5.41) is 2.58. The fraction of sp³-hybridized carbons (Fsp3) is 0.786. The number of piperazine rings is 1. The summed E-state index contributed by atoms with van der Waals surface area (Å²) in [5.41, 5.74) is 0. The molecule has 1 aliphatic rings. The Labute approximate surface area is 137 Å². The second-order valence-corrected chi connectivity index (χ2v) is 8.87. The van der Waals surface area contributed by atoms with Crippen LogP contribution in [0.15, 0.2) is 10.4 Å². The molecule has 0 aliphatic carbocycles. The molecule has 1 aromatic rings. The SMILES string of the molecule is Cc1nc(S(=O)(=O)N2CCN(CCOCC(C)C)CC2)cs1. The van der Waals surface area contributed by atoms with E-state index in [1.165, 1.54) is 15.6 Å². The molecule has 0 spiro atoms. The summed E-state index contributed by atoms with van der Waals surface area (Å²) >= 11 is 1.37. The van der Waals surface area contributed by atoms with Crippen LogP contribution in [0.2, 0.25) is 0 Å². The molecule has 1 fully saturated rings. The molecule has 0 bridgehead atoms. The van der Waals surface area contributed by atoms with Gasteiger partial charge in [-0.3, -0.25) is 4.90 Å². The highest BCUT2D eigenvalue weighted by molar-refractivity contribution is 7.89. The van der Waals surface area contributed by atoms with Crippen molar-refractivity contribution in [3.63, 3.8) is 0 Å². The van der Waals surface area contributed by atoms with Gasteiger partial charge in [-0.2, -0.15) is 4.31 Å². The molecule has 0 saturated carbocycles. The van der Waals surface area contributed by atoms with Crippen molar-refractivity contribution in [2.24, 2.45) is 5.92 Å². The molecule has 1 saturated heterocycles. The molecule has 2 heterocycles. The molecule has 2 rings (SSSR count). The first-order chi connectivity index (χ1) is 10.4. The Bertz CT molecular complexity index is 564. The van der Waals surface area contributed by atoms with Crippen molar-refractivity contribution in [2.45, 2.75) is 25.8 Å². The lowest BCUT2D eigenvalue weighted by Crippen LogP contribution is -2.49. The van der Waals surface area contributed by atoms with Gasteiger partial charge in [0.05, 0.1) is 11.6 Å². The van der Waals surface area contributed by atoms with Crippen LogP contribution in [0.3, 0.4) is 0 Å². The summed E-state index contributed by atoms with van der Waals surface area (Å²) in [4.78, 5) is 6.36. The first kappa shape index (κ1) is 17.8. The Balaban J connectivity index is 1.79. The maximum absolute atomic E-state index is 12.5. The highest BCUT2D eigenvalue weighted by Crippen LogP contribution is 2.19. The summed E-state index contributed by atoms with van der Waals surface area (Å²) in [6.07, 6.45) is 0. The third-order valence-corrected chi connectivity index (χ3v) is 6.24. The van der Waals surface area contributed by atoms with Crippen LogP contribution in [0.4, 0.5) is 0 Å². The molecular weight excluding hydrogens is 322 g/mol. The average Bonchev–Trinajstić information content (AvgIpc) is 2.91. The first-order valence-electron chi connectivity index (χ1n) is 7.62. The molecule has 0 atom stereocenters. The molecule has 1 aliphatic heterocycles. The standard InChI is InChI=1S/C14H25N3O3S2/c1-12(2)10-20-9-8-16-4-6-17(7-5-16)22(18,19)14-11-21-13(3)15-14/h11-12H,4-10H2,1-3H3. The zero-order valence-corrected chi connectivity index (χ0v) is 15.1. The number of rotatable bonds is 7. The van der Waals surface area contributed by atoms with Gasteiger partial charge in [0, 0.05) is 44.7 Å². The Kier molecular flexibility index (Phi) is 6.34. The fourth-order valence-corrected chi connectivity index (χ4v) is 4.62. The van der Waals surface area contributed by atoms with Gasteiger partial charge in [-0.25, -0.2) is 13.4 Å². The van der Waals surface area contributed by atoms with E-state index in [9.17, 15) is 8.42 Å². The van der Waals surface area contributed by atoms with Crippen LogP contribution in [-0.4, -0.2) is 68.5 Å². The molecule has 8 heteroatoms. The van der Waals surface area contributed by atoms with Crippen LogP contribution in [0.1, 0.15) is 18.9 Å². The second-order valence-electron chi connectivity index (χ2n) is 5.92. The van der Waals surface area contributed by atoms with Crippen LogP contribution >= 0.6 is 11.3 Å². The van der Waals surface area contributed by atoms with Crippen molar-refractivity contribution >= 4 is 21.4 Å². The zero-order chi connectivity index (χ0) is 16.2. The van der Waals surface area contributed by atoms with E-state index in [2.05, 4.69) is 23.7 Å². The van der Waals surface area contributed by atoms with Gasteiger partial charge in [-0.15, -0.1) is 11.3 Å². The molecule has 0 amide bonds. The van der Waals surface area contributed by atoms with E-state index in [0.717, 1.165) is 31.2 Å². The Morgan fingerprint density at radius 3 is 2.55 bits per heavy atom. The van der Waals surface area contributed by atoms with E-state index >= 15 is 0 Å². The van der Waals surface area contributed by atoms with Gasteiger partial charge in [-0.05, 0) is 12.8 Å². The number of aromatic nitrogens is 1. The topological polar surface area (TPSA) is 62.7 Å². The Hall–Kier alpha value is -0.540. The summed E-state index contributed by atoms with van der Waals surface area (Å²) in [6.45, 7) is 10.9. The van der Waals surface area contributed by atoms with E-state index < -0.39 is 10.0 Å². The number of thiazole rings is 1. The van der Waals surface area contributed by atoms with Crippen LogP contribution in [-0.2, 0) is 14.8 Å². The quantitative estimate of drug-likeness (QED) is 0.698. The van der Waals surface area contributed by atoms with Gasteiger partial charge >= 0.3 is 0 Å². The lowest BCUT2D eigenvalue weighted by atomic mass is 10.2. The molecule has 6 nitrogen and oxygen atoms in total.